The molecule has 2 aliphatic heterocycles. The van der Waals surface area contributed by atoms with Crippen molar-refractivity contribution in [2.75, 3.05) is 26.2 Å². The summed E-state index contributed by atoms with van der Waals surface area (Å²) in [6.45, 7) is 3.12. The fourth-order valence-corrected chi connectivity index (χ4v) is 5.00. The molecular formula is C21H26N2O3S. The summed E-state index contributed by atoms with van der Waals surface area (Å²) in [4.78, 5) is 18.3. The predicted molar refractivity (Wildman–Crippen MR) is 105 cm³/mol. The van der Waals surface area contributed by atoms with E-state index in [1.54, 1.807) is 5.51 Å². The summed E-state index contributed by atoms with van der Waals surface area (Å²) in [5.41, 5.74) is 5.20. The summed E-state index contributed by atoms with van der Waals surface area (Å²) in [5.74, 6) is -1.15. The van der Waals surface area contributed by atoms with E-state index in [0.29, 0.717) is 13.0 Å². The van der Waals surface area contributed by atoms with Gasteiger partial charge in [0.1, 0.15) is 0 Å². The monoisotopic (exact) mass is 386 g/mol. The number of likely N-dealkylation sites (tertiary alicyclic amines) is 1. The summed E-state index contributed by atoms with van der Waals surface area (Å²) in [5, 5.41) is 11.6. The van der Waals surface area contributed by atoms with Crippen molar-refractivity contribution in [3.63, 3.8) is 0 Å². The van der Waals surface area contributed by atoms with Gasteiger partial charge in [-0.15, -0.1) is 11.3 Å². The standard InChI is InChI=1S/C21H26N2O3S/c24-20(25)17(12-18-14-27-15-22-18)13-23-9-7-21(8-10-23)19-6-2-1-4-16(19)5-3-11-26-21/h1-2,4,6,14-15,17H,3,5,7-13H2,(H,24,25). The van der Waals surface area contributed by atoms with E-state index in [9.17, 15) is 9.90 Å². The smallest absolute Gasteiger partial charge is 0.308 e. The van der Waals surface area contributed by atoms with Gasteiger partial charge in [0, 0.05) is 38.0 Å². The quantitative estimate of drug-likeness (QED) is 0.854. The Bertz CT molecular complexity index is 769. The molecule has 2 aliphatic rings. The van der Waals surface area contributed by atoms with Crippen LogP contribution in [0.3, 0.4) is 0 Å². The van der Waals surface area contributed by atoms with E-state index in [4.69, 9.17) is 4.74 Å². The van der Waals surface area contributed by atoms with Gasteiger partial charge < -0.3 is 14.7 Å². The van der Waals surface area contributed by atoms with Crippen molar-refractivity contribution in [1.82, 2.24) is 9.88 Å². The molecular weight excluding hydrogens is 360 g/mol. The van der Waals surface area contributed by atoms with Crippen LogP contribution in [0.15, 0.2) is 35.2 Å². The van der Waals surface area contributed by atoms with Crippen molar-refractivity contribution in [2.45, 2.75) is 37.7 Å². The first-order valence-corrected chi connectivity index (χ1v) is 10.7. The molecule has 1 aromatic heterocycles. The van der Waals surface area contributed by atoms with E-state index in [-0.39, 0.29) is 5.60 Å². The zero-order chi connectivity index (χ0) is 18.7. The van der Waals surface area contributed by atoms with Crippen molar-refractivity contribution in [3.05, 3.63) is 52.0 Å². The third kappa shape index (κ3) is 4.08. The van der Waals surface area contributed by atoms with Crippen LogP contribution < -0.4 is 0 Å². The van der Waals surface area contributed by atoms with Gasteiger partial charge >= 0.3 is 5.97 Å². The molecule has 1 aromatic carbocycles. The number of hydrogen-bond donors (Lipinski definition) is 1. The minimum atomic E-state index is -0.737. The maximum Gasteiger partial charge on any atom is 0.308 e. The highest BCUT2D eigenvalue weighted by Crippen LogP contribution is 2.40. The van der Waals surface area contributed by atoms with Crippen LogP contribution in [-0.2, 0) is 28.0 Å². The van der Waals surface area contributed by atoms with E-state index in [1.807, 2.05) is 5.38 Å². The van der Waals surface area contributed by atoms with Crippen molar-refractivity contribution in [3.8, 4) is 0 Å². The average Bonchev–Trinajstić information content (AvgIpc) is 3.13. The summed E-state index contributed by atoms with van der Waals surface area (Å²) in [6, 6.07) is 8.67. The maximum absolute atomic E-state index is 11.7. The van der Waals surface area contributed by atoms with Crippen molar-refractivity contribution in [1.29, 1.82) is 0 Å². The highest BCUT2D eigenvalue weighted by atomic mass is 32.1. The zero-order valence-corrected chi connectivity index (χ0v) is 16.3. The van der Waals surface area contributed by atoms with Crippen LogP contribution >= 0.6 is 11.3 Å². The molecule has 2 aromatic rings. The van der Waals surface area contributed by atoms with Crippen molar-refractivity contribution >= 4 is 17.3 Å². The van der Waals surface area contributed by atoms with Crippen LogP contribution in [-0.4, -0.2) is 47.2 Å². The third-order valence-electron chi connectivity index (χ3n) is 5.91. The Kier molecular flexibility index (Phi) is 5.57. The molecule has 5 nitrogen and oxygen atoms in total. The largest absolute Gasteiger partial charge is 0.481 e. The van der Waals surface area contributed by atoms with Crippen LogP contribution in [0.1, 0.15) is 36.1 Å². The van der Waals surface area contributed by atoms with Gasteiger partial charge in [-0.05, 0) is 36.8 Å². The van der Waals surface area contributed by atoms with Gasteiger partial charge in [0.25, 0.3) is 0 Å². The number of aromatic nitrogens is 1. The van der Waals surface area contributed by atoms with Gasteiger partial charge in [-0.2, -0.15) is 0 Å². The number of aryl methyl sites for hydroxylation is 1. The number of piperidine rings is 1. The number of benzene rings is 1. The molecule has 3 heterocycles. The number of carboxylic acid groups (broad SMARTS) is 1. The minimum absolute atomic E-state index is 0.197. The molecule has 6 heteroatoms. The second-order valence-corrected chi connectivity index (χ2v) is 8.34. The first kappa shape index (κ1) is 18.6. The fourth-order valence-electron chi connectivity index (χ4n) is 4.43. The number of rotatable bonds is 5. The lowest BCUT2D eigenvalue weighted by atomic mass is 9.81. The molecule has 0 bridgehead atoms. The highest BCUT2D eigenvalue weighted by Gasteiger charge is 2.40. The molecule has 27 heavy (non-hydrogen) atoms. The number of aliphatic carboxylic acids is 1. The number of nitrogens with zero attached hydrogens (tertiary/aromatic N) is 2. The second kappa shape index (κ2) is 8.09. The zero-order valence-electron chi connectivity index (χ0n) is 15.5. The third-order valence-corrected chi connectivity index (χ3v) is 6.54. The van der Waals surface area contributed by atoms with Crippen LogP contribution in [0.5, 0.6) is 0 Å². The molecule has 0 radical (unpaired) electrons. The summed E-state index contributed by atoms with van der Waals surface area (Å²) < 4.78 is 6.39. The van der Waals surface area contributed by atoms with Crippen molar-refractivity contribution < 1.29 is 14.6 Å². The first-order chi connectivity index (χ1) is 13.2. The Labute approximate surface area is 164 Å². The van der Waals surface area contributed by atoms with Gasteiger partial charge in [0.05, 0.1) is 22.7 Å². The molecule has 1 unspecified atom stereocenters. The Balaban J connectivity index is 1.43. The maximum atomic E-state index is 11.7. The lowest BCUT2D eigenvalue weighted by Gasteiger charge is -2.42. The Morgan fingerprint density at radius 2 is 2.15 bits per heavy atom. The molecule has 144 valence electrons. The van der Waals surface area contributed by atoms with Crippen LogP contribution in [0.2, 0.25) is 0 Å². The molecule has 1 saturated heterocycles. The number of hydrogen-bond acceptors (Lipinski definition) is 5. The normalized spacial score (nSPS) is 20.7. The van der Waals surface area contributed by atoms with Gasteiger partial charge in [0.2, 0.25) is 0 Å². The van der Waals surface area contributed by atoms with E-state index >= 15 is 0 Å². The molecule has 1 N–H and O–H groups in total. The number of fused-ring (bicyclic) bond motifs is 2. The second-order valence-electron chi connectivity index (χ2n) is 7.62. The van der Waals surface area contributed by atoms with Crippen LogP contribution in [0.4, 0.5) is 0 Å². The predicted octanol–water partition coefficient (Wildman–Crippen LogP) is 3.34. The molecule has 0 saturated carbocycles. The topological polar surface area (TPSA) is 62.7 Å². The fraction of sp³-hybridized carbons (Fsp3) is 0.524. The van der Waals surface area contributed by atoms with Gasteiger partial charge in [-0.25, -0.2) is 4.98 Å². The number of carbonyl (C=O) groups is 1. The summed E-state index contributed by atoms with van der Waals surface area (Å²) >= 11 is 1.52. The molecule has 0 aliphatic carbocycles. The van der Waals surface area contributed by atoms with Crippen LogP contribution in [0, 0.1) is 5.92 Å². The minimum Gasteiger partial charge on any atom is -0.481 e. The van der Waals surface area contributed by atoms with E-state index in [1.165, 1.54) is 22.5 Å². The van der Waals surface area contributed by atoms with Gasteiger partial charge in [0.15, 0.2) is 0 Å². The van der Waals surface area contributed by atoms with Crippen LogP contribution in [0.25, 0.3) is 0 Å². The molecule has 0 amide bonds. The molecule has 1 atom stereocenters. The van der Waals surface area contributed by atoms with E-state index < -0.39 is 11.9 Å². The Hall–Kier alpha value is -1.76. The summed E-state index contributed by atoms with van der Waals surface area (Å²) in [7, 11) is 0. The van der Waals surface area contributed by atoms with Gasteiger partial charge in [-0.3, -0.25) is 4.79 Å². The number of carboxylic acids is 1. The molecule has 1 spiro atoms. The van der Waals surface area contributed by atoms with Crippen molar-refractivity contribution in [2.24, 2.45) is 5.92 Å². The Morgan fingerprint density at radius 1 is 1.33 bits per heavy atom. The SMILES string of the molecule is O=C(O)C(Cc1cscn1)CN1CCC2(CC1)OCCCc1ccccc12. The average molecular weight is 387 g/mol. The van der Waals surface area contributed by atoms with E-state index in [0.717, 1.165) is 51.1 Å². The van der Waals surface area contributed by atoms with E-state index in [2.05, 4.69) is 34.1 Å². The number of ether oxygens (including phenoxy) is 1. The highest BCUT2D eigenvalue weighted by molar-refractivity contribution is 7.07. The Morgan fingerprint density at radius 3 is 2.89 bits per heavy atom. The summed E-state index contributed by atoms with van der Waals surface area (Å²) in [6.07, 6.45) is 4.49. The lowest BCUT2D eigenvalue weighted by Crippen LogP contribution is -2.46. The lowest BCUT2D eigenvalue weighted by molar-refractivity contribution is -0.143. The van der Waals surface area contributed by atoms with Gasteiger partial charge in [-0.1, -0.05) is 24.3 Å². The molecule has 4 rings (SSSR count). The molecule has 1 fully saturated rings. The number of thiazole rings is 1. The first-order valence-electron chi connectivity index (χ1n) is 9.71.